The number of carbonyl (C=O) groups is 1. The molecule has 3 aromatic carbocycles. The number of ether oxygens (including phenoxy) is 1. The molecular weight excluding hydrogens is 442 g/mol. The first-order valence-corrected chi connectivity index (χ1v) is 10.1. The van der Waals surface area contributed by atoms with Gasteiger partial charge >= 0.3 is 0 Å². The van der Waals surface area contributed by atoms with Crippen molar-refractivity contribution in [3.05, 3.63) is 107 Å². The molecule has 0 saturated heterocycles. The van der Waals surface area contributed by atoms with Gasteiger partial charge in [0.25, 0.3) is 5.91 Å². The molecule has 1 N–H and O–H groups in total. The maximum atomic E-state index is 12.6. The van der Waals surface area contributed by atoms with Gasteiger partial charge in [0.05, 0.1) is 5.69 Å². The highest BCUT2D eigenvalue weighted by molar-refractivity contribution is 9.10. The van der Waals surface area contributed by atoms with E-state index in [-0.39, 0.29) is 5.91 Å². The van der Waals surface area contributed by atoms with E-state index in [1.165, 1.54) is 6.33 Å². The molecule has 0 bridgehead atoms. The molecule has 0 aliphatic heterocycles. The van der Waals surface area contributed by atoms with Crippen LogP contribution in [0.3, 0.4) is 0 Å². The van der Waals surface area contributed by atoms with E-state index < -0.39 is 0 Å². The molecule has 1 aromatic heterocycles. The highest BCUT2D eigenvalue weighted by atomic mass is 79.9. The lowest BCUT2D eigenvalue weighted by Gasteiger charge is -2.08. The summed E-state index contributed by atoms with van der Waals surface area (Å²) in [5.41, 5.74) is 3.08. The first-order chi connectivity index (χ1) is 14.7. The van der Waals surface area contributed by atoms with Crippen molar-refractivity contribution in [2.45, 2.75) is 6.54 Å². The fourth-order valence-corrected chi connectivity index (χ4v) is 3.13. The van der Waals surface area contributed by atoms with E-state index in [0.717, 1.165) is 15.6 Å². The SMILES string of the molecule is O=C(NCc1ccc(Br)cc1)c1cccc(-c2cc(Oc3ccccc3)ncn2)c1. The van der Waals surface area contributed by atoms with Gasteiger partial charge < -0.3 is 10.1 Å². The highest BCUT2D eigenvalue weighted by Crippen LogP contribution is 2.24. The van der Waals surface area contributed by atoms with Gasteiger partial charge in [-0.05, 0) is 42.0 Å². The lowest BCUT2D eigenvalue weighted by Crippen LogP contribution is -2.22. The number of nitrogens with zero attached hydrogens (tertiary/aromatic N) is 2. The van der Waals surface area contributed by atoms with Crippen molar-refractivity contribution in [3.8, 4) is 22.9 Å². The van der Waals surface area contributed by atoms with Crippen molar-refractivity contribution in [1.29, 1.82) is 0 Å². The first-order valence-electron chi connectivity index (χ1n) is 9.35. The van der Waals surface area contributed by atoms with Crippen molar-refractivity contribution in [2.24, 2.45) is 0 Å². The van der Waals surface area contributed by atoms with Crippen molar-refractivity contribution in [1.82, 2.24) is 15.3 Å². The molecule has 0 spiro atoms. The number of carbonyl (C=O) groups excluding carboxylic acids is 1. The number of nitrogens with one attached hydrogen (secondary N) is 1. The van der Waals surface area contributed by atoms with Gasteiger partial charge in [-0.1, -0.05) is 58.4 Å². The lowest BCUT2D eigenvalue weighted by atomic mass is 10.1. The van der Waals surface area contributed by atoms with Gasteiger partial charge in [0, 0.05) is 28.2 Å². The molecule has 0 saturated carbocycles. The molecule has 1 heterocycles. The van der Waals surface area contributed by atoms with E-state index in [4.69, 9.17) is 4.74 Å². The highest BCUT2D eigenvalue weighted by Gasteiger charge is 2.09. The molecule has 1 amide bonds. The van der Waals surface area contributed by atoms with Crippen LogP contribution in [0.5, 0.6) is 11.6 Å². The average Bonchev–Trinajstić information content (AvgIpc) is 2.79. The molecule has 0 atom stereocenters. The summed E-state index contributed by atoms with van der Waals surface area (Å²) in [7, 11) is 0. The molecule has 148 valence electrons. The quantitative estimate of drug-likeness (QED) is 0.405. The number of rotatable bonds is 6. The summed E-state index contributed by atoms with van der Waals surface area (Å²) in [4.78, 5) is 21.1. The number of benzene rings is 3. The summed E-state index contributed by atoms with van der Waals surface area (Å²) in [6.07, 6.45) is 1.45. The van der Waals surface area contributed by atoms with E-state index >= 15 is 0 Å². The third-order valence-electron chi connectivity index (χ3n) is 4.39. The lowest BCUT2D eigenvalue weighted by molar-refractivity contribution is 0.0951. The summed E-state index contributed by atoms with van der Waals surface area (Å²) in [6, 6.07) is 26.4. The number of hydrogen-bond donors (Lipinski definition) is 1. The number of amides is 1. The molecule has 0 fully saturated rings. The van der Waals surface area contributed by atoms with Gasteiger partial charge in [0.15, 0.2) is 0 Å². The third kappa shape index (κ3) is 5.10. The average molecular weight is 460 g/mol. The number of hydrogen-bond acceptors (Lipinski definition) is 4. The van der Waals surface area contributed by atoms with Crippen LogP contribution in [0.15, 0.2) is 95.7 Å². The Labute approximate surface area is 182 Å². The molecule has 6 heteroatoms. The second-order valence-electron chi connectivity index (χ2n) is 6.55. The molecule has 4 aromatic rings. The van der Waals surface area contributed by atoms with Crippen LogP contribution in [0.25, 0.3) is 11.3 Å². The standard InChI is InChI=1S/C24H18BrN3O2/c25-20-11-9-17(10-12-20)15-26-24(29)19-6-4-5-18(13-19)22-14-23(28-16-27-22)30-21-7-2-1-3-8-21/h1-14,16H,15H2,(H,26,29). The summed E-state index contributed by atoms with van der Waals surface area (Å²) in [6.45, 7) is 0.457. The Morgan fingerprint density at radius 1 is 0.900 bits per heavy atom. The van der Waals surface area contributed by atoms with Crippen LogP contribution in [0.2, 0.25) is 0 Å². The Balaban J connectivity index is 1.48. The van der Waals surface area contributed by atoms with Crippen LogP contribution in [0.4, 0.5) is 0 Å². The van der Waals surface area contributed by atoms with Gasteiger partial charge in [-0.3, -0.25) is 4.79 Å². The van der Waals surface area contributed by atoms with Gasteiger partial charge in [0.1, 0.15) is 12.1 Å². The molecule has 0 radical (unpaired) electrons. The van der Waals surface area contributed by atoms with Crippen LogP contribution in [0, 0.1) is 0 Å². The van der Waals surface area contributed by atoms with Crippen molar-refractivity contribution < 1.29 is 9.53 Å². The summed E-state index contributed by atoms with van der Waals surface area (Å²) in [5.74, 6) is 0.995. The predicted molar refractivity (Wildman–Crippen MR) is 119 cm³/mol. The molecule has 0 unspecified atom stereocenters. The van der Waals surface area contributed by atoms with E-state index in [2.05, 4.69) is 31.2 Å². The smallest absolute Gasteiger partial charge is 0.251 e. The van der Waals surface area contributed by atoms with Gasteiger partial charge in [-0.15, -0.1) is 0 Å². The normalized spacial score (nSPS) is 10.4. The Bertz CT molecular complexity index is 1150. The maximum Gasteiger partial charge on any atom is 0.251 e. The second kappa shape index (κ2) is 9.33. The van der Waals surface area contributed by atoms with Crippen molar-refractivity contribution in [2.75, 3.05) is 0 Å². The van der Waals surface area contributed by atoms with E-state index in [0.29, 0.717) is 29.4 Å². The van der Waals surface area contributed by atoms with Crippen molar-refractivity contribution in [3.63, 3.8) is 0 Å². The van der Waals surface area contributed by atoms with Crippen LogP contribution < -0.4 is 10.1 Å². The number of para-hydroxylation sites is 1. The van der Waals surface area contributed by atoms with Crippen LogP contribution in [0.1, 0.15) is 15.9 Å². The van der Waals surface area contributed by atoms with Crippen LogP contribution in [-0.4, -0.2) is 15.9 Å². The van der Waals surface area contributed by atoms with Crippen molar-refractivity contribution >= 4 is 21.8 Å². The zero-order chi connectivity index (χ0) is 20.8. The zero-order valence-electron chi connectivity index (χ0n) is 16.0. The van der Waals surface area contributed by atoms with E-state index in [1.54, 1.807) is 12.1 Å². The Hall–Kier alpha value is -3.51. The number of aromatic nitrogens is 2. The largest absolute Gasteiger partial charge is 0.439 e. The minimum Gasteiger partial charge on any atom is -0.439 e. The maximum absolute atomic E-state index is 12.6. The molecule has 5 nitrogen and oxygen atoms in total. The van der Waals surface area contributed by atoms with Crippen LogP contribution >= 0.6 is 15.9 Å². The van der Waals surface area contributed by atoms with Crippen LogP contribution in [-0.2, 0) is 6.54 Å². The van der Waals surface area contributed by atoms with Gasteiger partial charge in [-0.25, -0.2) is 9.97 Å². The molecular formula is C24H18BrN3O2. The predicted octanol–water partition coefficient (Wildman–Crippen LogP) is 5.63. The molecule has 0 aliphatic rings. The molecule has 30 heavy (non-hydrogen) atoms. The third-order valence-corrected chi connectivity index (χ3v) is 4.92. The summed E-state index contributed by atoms with van der Waals surface area (Å²) < 4.78 is 6.79. The topological polar surface area (TPSA) is 64.1 Å². The Morgan fingerprint density at radius 2 is 1.70 bits per heavy atom. The van der Waals surface area contributed by atoms with E-state index in [9.17, 15) is 4.79 Å². The Morgan fingerprint density at radius 3 is 2.50 bits per heavy atom. The minimum absolute atomic E-state index is 0.144. The monoisotopic (exact) mass is 459 g/mol. The number of halogens is 1. The Kier molecular flexibility index (Phi) is 6.15. The molecule has 0 aliphatic carbocycles. The first kappa shape index (κ1) is 19.8. The fourth-order valence-electron chi connectivity index (χ4n) is 2.87. The fraction of sp³-hybridized carbons (Fsp3) is 0.0417. The van der Waals surface area contributed by atoms with Gasteiger partial charge in [0.2, 0.25) is 5.88 Å². The van der Waals surface area contributed by atoms with Gasteiger partial charge in [-0.2, -0.15) is 0 Å². The van der Waals surface area contributed by atoms with E-state index in [1.807, 2.05) is 72.8 Å². The summed E-state index contributed by atoms with van der Waals surface area (Å²) in [5, 5.41) is 2.95. The summed E-state index contributed by atoms with van der Waals surface area (Å²) >= 11 is 3.41. The zero-order valence-corrected chi connectivity index (χ0v) is 17.5. The minimum atomic E-state index is -0.144. The second-order valence-corrected chi connectivity index (χ2v) is 7.46. The molecule has 4 rings (SSSR count).